The summed E-state index contributed by atoms with van der Waals surface area (Å²) >= 11 is 8.78. The molecule has 0 amide bonds. The maximum atomic E-state index is 11.1. The fraction of sp³-hybridized carbons (Fsp3) is 0.619. The van der Waals surface area contributed by atoms with Gasteiger partial charge in [-0.3, -0.25) is 0 Å². The highest BCUT2D eigenvalue weighted by molar-refractivity contribution is 14.1. The number of hydrogen-bond acceptors (Lipinski definition) is 2. The van der Waals surface area contributed by atoms with E-state index in [0.717, 1.165) is 31.4 Å². The molecule has 3 aliphatic rings. The van der Waals surface area contributed by atoms with Gasteiger partial charge in [0.1, 0.15) is 9.36 Å². The summed E-state index contributed by atoms with van der Waals surface area (Å²) in [6.45, 7) is 5.96. The van der Waals surface area contributed by atoms with Gasteiger partial charge in [-0.15, -0.1) is 11.6 Å². The molecule has 2 nitrogen and oxygen atoms in total. The van der Waals surface area contributed by atoms with E-state index in [1.54, 1.807) is 0 Å². The fourth-order valence-corrected chi connectivity index (χ4v) is 7.36. The van der Waals surface area contributed by atoms with E-state index in [1.807, 2.05) is 0 Å². The first-order valence-corrected chi connectivity index (χ1v) is 10.9. The number of hydrogen-bond donors (Lipinski definition) is 1. The van der Waals surface area contributed by atoms with Crippen LogP contribution in [0.15, 0.2) is 31.0 Å². The van der Waals surface area contributed by atoms with Crippen molar-refractivity contribution in [1.82, 2.24) is 0 Å². The van der Waals surface area contributed by atoms with E-state index >= 15 is 0 Å². The molecule has 4 rings (SSSR count). The molecule has 0 aliphatic heterocycles. The summed E-state index contributed by atoms with van der Waals surface area (Å²) in [5.41, 5.74) is 2.85. The SMILES string of the molecule is C=COc1ccc2c(c1)CC[C@@H]1[C@@H]2[C@@H](CCl)C[C@@]2(C)[C@H]1CC[C@@]2(O)[123I]. The molecule has 1 aromatic rings. The molecule has 1 N–H and O–H groups in total. The maximum Gasteiger partial charge on any atom is 0.126 e. The summed E-state index contributed by atoms with van der Waals surface area (Å²) in [5.74, 6) is 3.71. The second-order valence-corrected chi connectivity index (χ2v) is 10.4. The van der Waals surface area contributed by atoms with Gasteiger partial charge in [0.05, 0.1) is 6.26 Å². The van der Waals surface area contributed by atoms with Crippen LogP contribution in [-0.4, -0.2) is 14.6 Å². The fourth-order valence-electron chi connectivity index (χ4n) is 6.13. The van der Waals surface area contributed by atoms with Crippen LogP contribution in [0.5, 0.6) is 5.75 Å². The van der Waals surface area contributed by atoms with Crippen molar-refractivity contribution < 1.29 is 9.84 Å². The van der Waals surface area contributed by atoms with E-state index in [9.17, 15) is 5.11 Å². The van der Waals surface area contributed by atoms with Gasteiger partial charge in [-0.25, -0.2) is 0 Å². The zero-order valence-corrected chi connectivity index (χ0v) is 17.6. The van der Waals surface area contributed by atoms with E-state index in [-0.39, 0.29) is 5.41 Å². The van der Waals surface area contributed by atoms with Crippen LogP contribution in [0.3, 0.4) is 0 Å². The molecule has 2 saturated carbocycles. The summed E-state index contributed by atoms with van der Waals surface area (Å²) in [4.78, 5) is 0. The Morgan fingerprint density at radius 2 is 2.24 bits per heavy atom. The van der Waals surface area contributed by atoms with Crippen LogP contribution in [0.25, 0.3) is 0 Å². The topological polar surface area (TPSA) is 29.5 Å². The lowest BCUT2D eigenvalue weighted by Gasteiger charge is -2.55. The van der Waals surface area contributed by atoms with Crippen molar-refractivity contribution in [3.05, 3.63) is 42.2 Å². The van der Waals surface area contributed by atoms with Crippen molar-refractivity contribution in [3.8, 4) is 5.75 Å². The molecule has 4 heteroatoms. The van der Waals surface area contributed by atoms with Crippen LogP contribution >= 0.6 is 34.2 Å². The van der Waals surface area contributed by atoms with Crippen LogP contribution in [0.1, 0.15) is 49.7 Å². The number of rotatable bonds is 3. The zero-order valence-electron chi connectivity index (χ0n) is 14.7. The van der Waals surface area contributed by atoms with Gasteiger partial charge >= 0.3 is 0 Å². The van der Waals surface area contributed by atoms with E-state index in [4.69, 9.17) is 16.3 Å². The summed E-state index contributed by atoms with van der Waals surface area (Å²) in [7, 11) is 0. The number of halogens is 2. The third kappa shape index (κ3) is 2.68. The number of ether oxygens (including phenoxy) is 1. The van der Waals surface area contributed by atoms with Gasteiger partial charge in [-0.1, -0.05) is 19.6 Å². The Labute approximate surface area is 169 Å². The molecule has 3 aliphatic carbocycles. The van der Waals surface area contributed by atoms with Crippen molar-refractivity contribution in [1.29, 1.82) is 0 Å². The minimum atomic E-state index is -0.591. The highest BCUT2D eigenvalue weighted by Gasteiger charge is 2.62. The first-order chi connectivity index (χ1) is 11.9. The predicted molar refractivity (Wildman–Crippen MR) is 110 cm³/mol. The van der Waals surface area contributed by atoms with Crippen LogP contribution in [-0.2, 0) is 6.42 Å². The lowest BCUT2D eigenvalue weighted by atomic mass is 9.52. The molecule has 2 fully saturated rings. The first kappa shape index (κ1) is 18.1. The predicted octanol–water partition coefficient (Wildman–Crippen LogP) is 5.65. The monoisotopic (exact) mass is 468 g/mol. The Morgan fingerprint density at radius 1 is 1.44 bits per heavy atom. The van der Waals surface area contributed by atoms with Crippen molar-refractivity contribution in [3.63, 3.8) is 0 Å². The third-order valence-electron chi connectivity index (χ3n) is 7.29. The van der Waals surface area contributed by atoms with Crippen molar-refractivity contribution >= 4 is 34.2 Å². The van der Waals surface area contributed by atoms with E-state index < -0.39 is 3.61 Å². The summed E-state index contributed by atoms with van der Waals surface area (Å²) in [6, 6.07) is 6.49. The first-order valence-electron chi connectivity index (χ1n) is 9.29. The van der Waals surface area contributed by atoms with Gasteiger partial charge in [0.15, 0.2) is 0 Å². The Bertz CT molecular complexity index is 688. The standard InChI is InChI=1S/C21H26ClIO2/c1-3-25-15-5-7-16-13(10-15)4-6-17-18-8-9-21(23,24)20(18,2)11-14(12-22)19(16)17/h3,5,7,10,14,17-19,24H,1,4,6,8-9,11-12H2,2H3/t14-,17+,18+,19-,20+,21+/m1/s1/i23-4. The van der Waals surface area contributed by atoms with Crippen molar-refractivity contribution in [2.45, 2.75) is 48.6 Å². The van der Waals surface area contributed by atoms with Crippen LogP contribution in [0.2, 0.25) is 0 Å². The molecular formula is C21H26ClIO2. The minimum absolute atomic E-state index is 0.0162. The van der Waals surface area contributed by atoms with Crippen LogP contribution in [0, 0.1) is 23.2 Å². The number of aliphatic hydroxyl groups is 1. The Kier molecular flexibility index (Phi) is 4.65. The largest absolute Gasteiger partial charge is 0.466 e. The normalized spacial score (nSPS) is 42.2. The lowest BCUT2D eigenvalue weighted by Crippen LogP contribution is -2.51. The summed E-state index contributed by atoms with van der Waals surface area (Å²) < 4.78 is 4.89. The molecule has 0 saturated heterocycles. The van der Waals surface area contributed by atoms with Gasteiger partial charge in [-0.2, -0.15) is 0 Å². The molecule has 0 spiro atoms. The molecule has 0 bridgehead atoms. The second-order valence-electron chi connectivity index (χ2n) is 8.31. The van der Waals surface area contributed by atoms with Gasteiger partial charge < -0.3 is 9.84 Å². The van der Waals surface area contributed by atoms with Crippen LogP contribution in [0.4, 0.5) is 0 Å². The Morgan fingerprint density at radius 3 is 2.96 bits per heavy atom. The molecule has 6 atom stereocenters. The number of alkyl halides is 2. The number of benzene rings is 1. The van der Waals surface area contributed by atoms with E-state index in [2.05, 4.69) is 54.3 Å². The molecule has 25 heavy (non-hydrogen) atoms. The Balaban J connectivity index is 1.74. The van der Waals surface area contributed by atoms with Crippen molar-refractivity contribution in [2.75, 3.05) is 5.88 Å². The molecular weight excluding hydrogens is 443 g/mol. The van der Waals surface area contributed by atoms with E-state index in [0.29, 0.717) is 29.6 Å². The number of aryl methyl sites for hydroxylation is 1. The highest BCUT2D eigenvalue weighted by atomic mass is 123. The van der Waals surface area contributed by atoms with Gasteiger partial charge in [0.2, 0.25) is 0 Å². The third-order valence-corrected chi connectivity index (χ3v) is 9.46. The van der Waals surface area contributed by atoms with Gasteiger partial charge in [-0.05, 0) is 102 Å². The summed E-state index contributed by atoms with van der Waals surface area (Å²) in [5, 5.41) is 11.1. The molecule has 0 unspecified atom stereocenters. The van der Waals surface area contributed by atoms with Gasteiger partial charge in [0.25, 0.3) is 0 Å². The molecule has 1 aromatic carbocycles. The molecule has 0 radical (unpaired) electrons. The van der Waals surface area contributed by atoms with Crippen molar-refractivity contribution in [2.24, 2.45) is 23.2 Å². The highest BCUT2D eigenvalue weighted by Crippen LogP contribution is 2.67. The lowest BCUT2D eigenvalue weighted by molar-refractivity contribution is -0.0524. The zero-order chi connectivity index (χ0) is 17.8. The Hall–Kier alpha value is -0.260. The number of fused-ring (bicyclic) bond motifs is 5. The molecule has 136 valence electrons. The molecule has 0 heterocycles. The quantitative estimate of drug-likeness (QED) is 0.353. The summed E-state index contributed by atoms with van der Waals surface area (Å²) in [6.07, 6.45) is 6.83. The maximum absolute atomic E-state index is 11.1. The molecule has 0 aromatic heterocycles. The average Bonchev–Trinajstić information content (AvgIpc) is 2.83. The average molecular weight is 469 g/mol. The van der Waals surface area contributed by atoms with Crippen LogP contribution < -0.4 is 4.74 Å². The second kappa shape index (κ2) is 6.42. The van der Waals surface area contributed by atoms with E-state index in [1.165, 1.54) is 23.8 Å². The smallest absolute Gasteiger partial charge is 0.126 e. The van der Waals surface area contributed by atoms with Gasteiger partial charge in [0, 0.05) is 11.3 Å². The minimum Gasteiger partial charge on any atom is -0.466 e.